The molecule has 6 N–H and O–H groups in total. The smallest absolute Gasteiger partial charge is 0.462 e. The minimum Gasteiger partial charge on any atom is -0.462 e. The van der Waals surface area contributed by atoms with Crippen LogP contribution in [0.4, 0.5) is 0 Å². The zero-order valence-corrected chi connectivity index (χ0v) is 32.0. The van der Waals surface area contributed by atoms with Crippen molar-refractivity contribution in [2.75, 3.05) is 13.2 Å². The molecule has 0 heterocycles. The molecule has 0 aromatic carbocycles. The lowest BCUT2D eigenvalue weighted by atomic mass is 9.85. The van der Waals surface area contributed by atoms with Crippen molar-refractivity contribution in [1.82, 2.24) is 0 Å². The van der Waals surface area contributed by atoms with Gasteiger partial charge >= 0.3 is 19.8 Å². The van der Waals surface area contributed by atoms with E-state index < -0.39 is 75.7 Å². The molecule has 0 bridgehead atoms. The standard InChI is InChI=1S/C37H69O13P/c1-3-5-7-9-11-12-13-14-15-16-17-18-20-21-23-25-30(38)47-27-29(49-31(39)26-24-22-19-10-8-6-4-2)28-48-51(45,46)50-37-35(43)33(41)32(40)34(42)36(37)44/h16-17,29,32-37,40-44H,3-15,18-28H2,1-2H3,(H,45,46)/b17-16+/t29-,32?,33-,34?,35?,36?,37?/m0/s1. The molecule has 51 heavy (non-hydrogen) atoms. The lowest BCUT2D eigenvalue weighted by Crippen LogP contribution is -2.64. The molecule has 14 heteroatoms. The van der Waals surface area contributed by atoms with Crippen LogP contribution in [0.3, 0.4) is 0 Å². The highest BCUT2D eigenvalue weighted by Crippen LogP contribution is 2.47. The van der Waals surface area contributed by atoms with Gasteiger partial charge in [0, 0.05) is 12.8 Å². The maximum absolute atomic E-state index is 12.7. The molecule has 0 radical (unpaired) electrons. The van der Waals surface area contributed by atoms with Crippen molar-refractivity contribution in [1.29, 1.82) is 0 Å². The Bertz CT molecular complexity index is 964. The van der Waals surface area contributed by atoms with Gasteiger partial charge in [0.2, 0.25) is 0 Å². The molecule has 0 aromatic rings. The van der Waals surface area contributed by atoms with Crippen molar-refractivity contribution >= 4 is 19.8 Å². The van der Waals surface area contributed by atoms with Gasteiger partial charge in [-0.05, 0) is 38.5 Å². The van der Waals surface area contributed by atoms with E-state index in [0.29, 0.717) is 12.8 Å². The first-order valence-electron chi connectivity index (χ1n) is 19.5. The Hall–Kier alpha value is -1.41. The van der Waals surface area contributed by atoms with Crippen LogP contribution in [-0.4, -0.2) is 98.3 Å². The molecule has 8 atom stereocenters. The number of allylic oxidation sites excluding steroid dienone is 2. The van der Waals surface area contributed by atoms with Crippen LogP contribution in [0.5, 0.6) is 0 Å². The molecular weight excluding hydrogens is 683 g/mol. The highest BCUT2D eigenvalue weighted by molar-refractivity contribution is 7.47. The summed E-state index contributed by atoms with van der Waals surface area (Å²) in [5.74, 6) is -1.12. The van der Waals surface area contributed by atoms with Crippen LogP contribution in [0.2, 0.25) is 0 Å². The maximum atomic E-state index is 12.7. The first kappa shape index (κ1) is 47.6. The number of rotatable bonds is 31. The first-order valence-corrected chi connectivity index (χ1v) is 21.0. The number of esters is 2. The number of carbonyl (C=O) groups is 2. The average Bonchev–Trinajstić information content (AvgIpc) is 3.10. The molecular formula is C37H69O13P. The number of hydrogen-bond acceptors (Lipinski definition) is 12. The van der Waals surface area contributed by atoms with E-state index in [1.54, 1.807) is 0 Å². The lowest BCUT2D eigenvalue weighted by Gasteiger charge is -2.41. The van der Waals surface area contributed by atoms with Crippen molar-refractivity contribution in [3.8, 4) is 0 Å². The second kappa shape index (κ2) is 29.0. The number of phosphoric ester groups is 1. The lowest BCUT2D eigenvalue weighted by molar-refractivity contribution is -0.220. The van der Waals surface area contributed by atoms with Gasteiger partial charge in [0.05, 0.1) is 6.61 Å². The number of phosphoric acid groups is 1. The Morgan fingerprint density at radius 2 is 1.00 bits per heavy atom. The number of carbonyl (C=O) groups excluding carboxylic acids is 2. The summed E-state index contributed by atoms with van der Waals surface area (Å²) >= 11 is 0. The second-order valence-corrected chi connectivity index (χ2v) is 15.2. The van der Waals surface area contributed by atoms with Crippen molar-refractivity contribution in [3.05, 3.63) is 12.2 Å². The molecule has 0 spiro atoms. The first-order chi connectivity index (χ1) is 24.4. The maximum Gasteiger partial charge on any atom is 0.472 e. The summed E-state index contributed by atoms with van der Waals surface area (Å²) in [7, 11) is -5.10. The van der Waals surface area contributed by atoms with Crippen molar-refractivity contribution < 1.29 is 63.1 Å². The van der Waals surface area contributed by atoms with Gasteiger partial charge in [-0.15, -0.1) is 0 Å². The Morgan fingerprint density at radius 3 is 1.51 bits per heavy atom. The van der Waals surface area contributed by atoms with E-state index >= 15 is 0 Å². The third-order valence-electron chi connectivity index (χ3n) is 9.11. The van der Waals surface area contributed by atoms with Gasteiger partial charge in [-0.25, -0.2) is 4.57 Å². The molecule has 13 nitrogen and oxygen atoms in total. The fraction of sp³-hybridized carbons (Fsp3) is 0.892. The average molecular weight is 753 g/mol. The van der Waals surface area contributed by atoms with E-state index in [1.807, 2.05) is 0 Å². The normalized spacial score (nSPS) is 24.0. The Balaban J connectivity index is 2.50. The fourth-order valence-corrected chi connectivity index (χ4v) is 6.84. The highest BCUT2D eigenvalue weighted by atomic mass is 31.2. The summed E-state index contributed by atoms with van der Waals surface area (Å²) in [5.41, 5.74) is 0. The van der Waals surface area contributed by atoms with Crippen LogP contribution >= 0.6 is 7.82 Å². The van der Waals surface area contributed by atoms with Crippen LogP contribution in [0.1, 0.15) is 155 Å². The topological polar surface area (TPSA) is 210 Å². The Morgan fingerprint density at radius 1 is 0.588 bits per heavy atom. The third-order valence-corrected chi connectivity index (χ3v) is 10.1. The minimum absolute atomic E-state index is 0.0949. The summed E-state index contributed by atoms with van der Waals surface area (Å²) < 4.78 is 33.2. The number of unbranched alkanes of at least 4 members (excludes halogenated alkanes) is 17. The van der Waals surface area contributed by atoms with E-state index in [4.69, 9.17) is 18.5 Å². The molecule has 0 aliphatic heterocycles. The molecule has 1 aliphatic carbocycles. The van der Waals surface area contributed by atoms with E-state index in [1.165, 1.54) is 57.8 Å². The van der Waals surface area contributed by atoms with Crippen LogP contribution in [0.15, 0.2) is 12.2 Å². The van der Waals surface area contributed by atoms with Gasteiger partial charge < -0.3 is 39.9 Å². The van der Waals surface area contributed by atoms with Gasteiger partial charge in [0.25, 0.3) is 0 Å². The zero-order chi connectivity index (χ0) is 37.9. The number of aliphatic hydroxyl groups excluding tert-OH is 5. The molecule has 1 fully saturated rings. The quantitative estimate of drug-likeness (QED) is 0.0210. The van der Waals surface area contributed by atoms with Gasteiger partial charge in [-0.1, -0.05) is 116 Å². The van der Waals surface area contributed by atoms with Crippen LogP contribution < -0.4 is 0 Å². The van der Waals surface area contributed by atoms with Crippen LogP contribution in [-0.2, 0) is 32.7 Å². The van der Waals surface area contributed by atoms with E-state index in [-0.39, 0.29) is 12.8 Å². The van der Waals surface area contributed by atoms with E-state index in [0.717, 1.165) is 57.8 Å². The summed E-state index contributed by atoms with van der Waals surface area (Å²) in [6.45, 7) is 3.19. The SMILES string of the molecule is CCCCCCCCCC/C=C/CCCCCC(=O)OC[C@@H](COP(=O)(O)OC1C(O)C(O)C(O)[C@H](O)C1O)OC(=O)CCCCCCCCC. The largest absolute Gasteiger partial charge is 0.472 e. The summed E-state index contributed by atoms with van der Waals surface area (Å²) in [6, 6.07) is 0. The molecule has 300 valence electrons. The van der Waals surface area contributed by atoms with E-state index in [9.17, 15) is 44.6 Å². The van der Waals surface area contributed by atoms with Crippen LogP contribution in [0.25, 0.3) is 0 Å². The van der Waals surface area contributed by atoms with Crippen molar-refractivity contribution in [3.63, 3.8) is 0 Å². The van der Waals surface area contributed by atoms with Crippen molar-refractivity contribution in [2.24, 2.45) is 0 Å². The fourth-order valence-electron chi connectivity index (χ4n) is 5.87. The van der Waals surface area contributed by atoms with Gasteiger partial charge in [-0.2, -0.15) is 0 Å². The Labute approximate surface area is 305 Å². The zero-order valence-electron chi connectivity index (χ0n) is 31.2. The summed E-state index contributed by atoms with van der Waals surface area (Å²) in [5, 5.41) is 49.8. The summed E-state index contributed by atoms with van der Waals surface area (Å²) in [4.78, 5) is 35.3. The van der Waals surface area contributed by atoms with E-state index in [2.05, 4.69) is 26.0 Å². The predicted molar refractivity (Wildman–Crippen MR) is 194 cm³/mol. The monoisotopic (exact) mass is 752 g/mol. The van der Waals surface area contributed by atoms with Crippen LogP contribution in [0, 0.1) is 0 Å². The molecule has 0 saturated heterocycles. The second-order valence-electron chi connectivity index (χ2n) is 13.8. The molecule has 1 rings (SSSR count). The minimum atomic E-state index is -5.10. The van der Waals surface area contributed by atoms with Gasteiger partial charge in [0.1, 0.15) is 43.2 Å². The molecule has 0 amide bonds. The third kappa shape index (κ3) is 22.4. The van der Waals surface area contributed by atoms with Gasteiger partial charge in [-0.3, -0.25) is 18.6 Å². The number of aliphatic hydroxyl groups is 5. The highest BCUT2D eigenvalue weighted by Gasteiger charge is 2.51. The number of hydrogen-bond donors (Lipinski definition) is 6. The molecule has 1 saturated carbocycles. The predicted octanol–water partition coefficient (Wildman–Crippen LogP) is 5.94. The Kier molecular flexibility index (Phi) is 27.1. The molecule has 0 aromatic heterocycles. The number of ether oxygens (including phenoxy) is 2. The molecule has 6 unspecified atom stereocenters. The molecule has 1 aliphatic rings. The summed E-state index contributed by atoms with van der Waals surface area (Å²) in [6.07, 6.45) is 13.2. The van der Waals surface area contributed by atoms with Gasteiger partial charge in [0.15, 0.2) is 6.10 Å². The van der Waals surface area contributed by atoms with Crippen molar-refractivity contribution in [2.45, 2.75) is 198 Å².